The molecule has 0 unspecified atom stereocenters. The molecule has 0 saturated carbocycles. The van der Waals surface area contributed by atoms with Crippen LogP contribution in [0.25, 0.3) is 0 Å². The van der Waals surface area contributed by atoms with Crippen molar-refractivity contribution >= 4 is 19.7 Å². The summed E-state index contributed by atoms with van der Waals surface area (Å²) in [4.78, 5) is 10.4. The van der Waals surface area contributed by atoms with E-state index in [0.717, 1.165) is 31.1 Å². The number of rotatable bonds is 9. The van der Waals surface area contributed by atoms with Gasteiger partial charge in [-0.3, -0.25) is 4.79 Å². The third-order valence-corrected chi connectivity index (χ3v) is 8.19. The van der Waals surface area contributed by atoms with Gasteiger partial charge in [0.1, 0.15) is 0 Å². The van der Waals surface area contributed by atoms with Crippen LogP contribution >= 0.6 is 0 Å². The van der Waals surface area contributed by atoms with E-state index in [-0.39, 0.29) is 0 Å². The van der Waals surface area contributed by atoms with E-state index in [9.17, 15) is 4.79 Å². The van der Waals surface area contributed by atoms with Gasteiger partial charge in [0.25, 0.3) is 0 Å². The molecule has 0 aromatic heterocycles. The SMILES string of the molecule is C=CC[Si](CC=C)(CCNC=O)c1ccccc1. The Morgan fingerprint density at radius 3 is 2.22 bits per heavy atom. The van der Waals surface area contributed by atoms with Gasteiger partial charge in [-0.1, -0.05) is 47.7 Å². The fourth-order valence-electron chi connectivity index (χ4n) is 2.38. The van der Waals surface area contributed by atoms with Crippen molar-refractivity contribution in [2.24, 2.45) is 0 Å². The third-order valence-electron chi connectivity index (χ3n) is 3.29. The Morgan fingerprint density at radius 2 is 1.72 bits per heavy atom. The number of amides is 1. The second-order valence-corrected chi connectivity index (χ2v) is 8.91. The minimum Gasteiger partial charge on any atom is -0.359 e. The number of benzene rings is 1. The molecule has 0 saturated heterocycles. The molecule has 3 heteroatoms. The fourth-order valence-corrected chi connectivity index (χ4v) is 6.34. The summed E-state index contributed by atoms with van der Waals surface area (Å²) in [5, 5.41) is 4.19. The van der Waals surface area contributed by atoms with Crippen molar-refractivity contribution in [1.29, 1.82) is 0 Å². The van der Waals surface area contributed by atoms with Crippen LogP contribution in [0.3, 0.4) is 0 Å². The van der Waals surface area contributed by atoms with E-state index in [0.29, 0.717) is 0 Å². The molecule has 0 bridgehead atoms. The van der Waals surface area contributed by atoms with Gasteiger partial charge < -0.3 is 5.32 Å². The highest BCUT2D eigenvalue weighted by Crippen LogP contribution is 2.21. The fraction of sp³-hybridized carbons (Fsp3) is 0.267. The number of nitrogens with one attached hydrogen (secondary N) is 1. The Balaban J connectivity index is 2.99. The molecule has 96 valence electrons. The lowest BCUT2D eigenvalue weighted by atomic mass is 10.4. The summed E-state index contributed by atoms with van der Waals surface area (Å²) >= 11 is 0. The highest BCUT2D eigenvalue weighted by molar-refractivity contribution is 6.92. The smallest absolute Gasteiger partial charge is 0.207 e. The lowest BCUT2D eigenvalue weighted by molar-refractivity contribution is -0.109. The van der Waals surface area contributed by atoms with Gasteiger partial charge in [0.2, 0.25) is 6.41 Å². The quantitative estimate of drug-likeness (QED) is 0.314. The zero-order valence-corrected chi connectivity index (χ0v) is 11.8. The molecule has 0 atom stereocenters. The average Bonchev–Trinajstić information content (AvgIpc) is 2.40. The second-order valence-electron chi connectivity index (χ2n) is 4.45. The summed E-state index contributed by atoms with van der Waals surface area (Å²) in [6.07, 6.45) is 4.78. The zero-order chi connectivity index (χ0) is 13.3. The van der Waals surface area contributed by atoms with Crippen molar-refractivity contribution in [2.45, 2.75) is 18.1 Å². The first kappa shape index (κ1) is 14.4. The van der Waals surface area contributed by atoms with Crippen molar-refractivity contribution in [1.82, 2.24) is 5.32 Å². The molecule has 0 aliphatic carbocycles. The molecule has 1 N–H and O–H groups in total. The van der Waals surface area contributed by atoms with Crippen molar-refractivity contribution in [2.75, 3.05) is 6.54 Å². The highest BCUT2D eigenvalue weighted by atomic mass is 28.3. The normalized spacial score (nSPS) is 10.7. The van der Waals surface area contributed by atoms with Gasteiger partial charge in [-0.05, 0) is 18.1 Å². The lowest BCUT2D eigenvalue weighted by Gasteiger charge is -2.30. The van der Waals surface area contributed by atoms with Gasteiger partial charge in [-0.25, -0.2) is 0 Å². The molecule has 18 heavy (non-hydrogen) atoms. The summed E-state index contributed by atoms with van der Waals surface area (Å²) in [5.74, 6) is 0. The van der Waals surface area contributed by atoms with E-state index >= 15 is 0 Å². The minimum atomic E-state index is -1.67. The summed E-state index contributed by atoms with van der Waals surface area (Å²) in [5.41, 5.74) is 0. The van der Waals surface area contributed by atoms with Crippen molar-refractivity contribution in [3.05, 3.63) is 55.6 Å². The average molecular weight is 259 g/mol. The molecule has 0 spiro atoms. The third kappa shape index (κ3) is 3.70. The van der Waals surface area contributed by atoms with Gasteiger partial charge in [-0.15, -0.1) is 13.2 Å². The summed E-state index contributed by atoms with van der Waals surface area (Å²) in [6.45, 7) is 8.51. The Hall–Kier alpha value is -1.61. The molecular weight excluding hydrogens is 238 g/mol. The van der Waals surface area contributed by atoms with E-state index in [1.165, 1.54) is 5.19 Å². The van der Waals surface area contributed by atoms with Crippen LogP contribution in [0, 0.1) is 0 Å². The van der Waals surface area contributed by atoms with Gasteiger partial charge in [-0.2, -0.15) is 0 Å². The van der Waals surface area contributed by atoms with E-state index in [4.69, 9.17) is 0 Å². The maximum atomic E-state index is 10.4. The maximum absolute atomic E-state index is 10.4. The van der Waals surface area contributed by atoms with Crippen LogP contribution in [0.2, 0.25) is 18.1 Å². The first-order chi connectivity index (χ1) is 8.79. The minimum absolute atomic E-state index is 0.728. The maximum Gasteiger partial charge on any atom is 0.207 e. The Labute approximate surface area is 110 Å². The van der Waals surface area contributed by atoms with E-state index in [2.05, 4.69) is 42.7 Å². The topological polar surface area (TPSA) is 29.1 Å². The predicted molar refractivity (Wildman–Crippen MR) is 80.7 cm³/mol. The van der Waals surface area contributed by atoms with Crippen LogP contribution in [-0.2, 0) is 4.79 Å². The Kier molecular flexibility index (Phi) is 6.15. The van der Waals surface area contributed by atoms with Crippen molar-refractivity contribution in [3.8, 4) is 0 Å². The van der Waals surface area contributed by atoms with Crippen molar-refractivity contribution in [3.63, 3.8) is 0 Å². The molecule has 0 aliphatic rings. The number of hydrogen-bond donors (Lipinski definition) is 1. The van der Waals surface area contributed by atoms with Gasteiger partial charge in [0, 0.05) is 6.54 Å². The van der Waals surface area contributed by atoms with E-state index in [1.807, 2.05) is 18.2 Å². The van der Waals surface area contributed by atoms with Gasteiger partial charge >= 0.3 is 0 Å². The molecule has 0 heterocycles. The lowest BCUT2D eigenvalue weighted by Crippen LogP contribution is -2.48. The molecule has 1 aromatic carbocycles. The van der Waals surface area contributed by atoms with E-state index in [1.54, 1.807) is 0 Å². The molecule has 1 aromatic rings. The number of hydrogen-bond acceptors (Lipinski definition) is 1. The van der Waals surface area contributed by atoms with Crippen LogP contribution in [0.15, 0.2) is 55.6 Å². The highest BCUT2D eigenvalue weighted by Gasteiger charge is 2.31. The molecule has 0 radical (unpaired) electrons. The Bertz CT molecular complexity index is 379. The molecular formula is C15H21NOSi. The molecule has 1 rings (SSSR count). The van der Waals surface area contributed by atoms with Crippen LogP contribution in [0.5, 0.6) is 0 Å². The second kappa shape index (κ2) is 7.66. The monoisotopic (exact) mass is 259 g/mol. The number of carbonyl (C=O) groups is 1. The van der Waals surface area contributed by atoms with Crippen LogP contribution in [0.1, 0.15) is 0 Å². The Morgan fingerprint density at radius 1 is 1.11 bits per heavy atom. The number of carbonyl (C=O) groups excluding carboxylic acids is 1. The first-order valence-electron chi connectivity index (χ1n) is 6.23. The standard InChI is InChI=1S/C15H21NOSi/c1-3-11-18(12-4-2,13-10-16-14-17)15-8-6-5-7-9-15/h3-9,14H,1-2,10-13H2,(H,16,17). The van der Waals surface area contributed by atoms with Crippen molar-refractivity contribution < 1.29 is 4.79 Å². The van der Waals surface area contributed by atoms with E-state index < -0.39 is 8.07 Å². The predicted octanol–water partition coefficient (Wildman–Crippen LogP) is 2.46. The van der Waals surface area contributed by atoms with Crippen LogP contribution < -0.4 is 10.5 Å². The number of allylic oxidation sites excluding steroid dienone is 2. The molecule has 0 aliphatic heterocycles. The molecule has 0 fully saturated rings. The largest absolute Gasteiger partial charge is 0.359 e. The summed E-state index contributed by atoms with van der Waals surface area (Å²) < 4.78 is 0. The van der Waals surface area contributed by atoms with Gasteiger partial charge in [0.05, 0.1) is 8.07 Å². The van der Waals surface area contributed by atoms with Gasteiger partial charge in [0.15, 0.2) is 0 Å². The first-order valence-corrected chi connectivity index (χ1v) is 8.85. The summed E-state index contributed by atoms with van der Waals surface area (Å²) in [6, 6.07) is 13.6. The molecule has 2 nitrogen and oxygen atoms in total. The van der Waals surface area contributed by atoms with Crippen LogP contribution in [0.4, 0.5) is 0 Å². The molecule has 1 amide bonds. The summed E-state index contributed by atoms with van der Waals surface area (Å²) in [7, 11) is -1.67. The zero-order valence-electron chi connectivity index (χ0n) is 10.8. The van der Waals surface area contributed by atoms with Crippen LogP contribution in [-0.4, -0.2) is 21.0 Å².